The van der Waals surface area contributed by atoms with E-state index in [0.717, 1.165) is 11.3 Å². The number of hydrogen-bond acceptors (Lipinski definition) is 5. The molecule has 0 aliphatic carbocycles. The van der Waals surface area contributed by atoms with Crippen LogP contribution in [0.25, 0.3) is 0 Å². The Labute approximate surface area is 129 Å². The molecule has 2 rings (SSSR count). The van der Waals surface area contributed by atoms with Gasteiger partial charge in [-0.15, -0.1) is 11.3 Å². The molecule has 0 atom stereocenters. The lowest BCUT2D eigenvalue weighted by molar-refractivity contribution is 0.469. The van der Waals surface area contributed by atoms with Crippen LogP contribution < -0.4 is 5.32 Å². The quantitative estimate of drug-likeness (QED) is 0.850. The van der Waals surface area contributed by atoms with E-state index in [4.69, 9.17) is 0 Å². The van der Waals surface area contributed by atoms with Gasteiger partial charge in [0, 0.05) is 31.2 Å². The Bertz CT molecular complexity index is 669. The summed E-state index contributed by atoms with van der Waals surface area (Å²) in [5, 5.41) is 5.01. The molecule has 0 unspecified atom stereocenters. The monoisotopic (exact) mass is 325 g/mol. The Balaban J connectivity index is 2.26. The molecule has 0 aliphatic rings. The zero-order chi connectivity index (χ0) is 15.3. The van der Waals surface area contributed by atoms with Crippen LogP contribution in [0.1, 0.15) is 18.2 Å². The number of hydrogen-bond donors (Lipinski definition) is 1. The maximum absolute atomic E-state index is 12.7. The molecule has 0 amide bonds. The van der Waals surface area contributed by atoms with Crippen LogP contribution in [0.15, 0.2) is 40.7 Å². The lowest BCUT2D eigenvalue weighted by atomic mass is 10.4. The van der Waals surface area contributed by atoms with Crippen LogP contribution in [0.4, 0.5) is 5.82 Å². The predicted molar refractivity (Wildman–Crippen MR) is 86.0 cm³/mol. The molecule has 2 aromatic heterocycles. The van der Waals surface area contributed by atoms with Crippen LogP contribution in [0.5, 0.6) is 0 Å². The summed E-state index contributed by atoms with van der Waals surface area (Å²) < 4.78 is 26.7. The summed E-state index contributed by atoms with van der Waals surface area (Å²) in [7, 11) is -1.97. The van der Waals surface area contributed by atoms with Crippen LogP contribution in [0.2, 0.25) is 0 Å². The first-order valence-electron chi connectivity index (χ1n) is 6.73. The maximum Gasteiger partial charge on any atom is 0.246 e. The van der Waals surface area contributed by atoms with Gasteiger partial charge in [0.25, 0.3) is 0 Å². The fourth-order valence-corrected chi connectivity index (χ4v) is 3.95. The van der Waals surface area contributed by atoms with Crippen LogP contribution in [0.3, 0.4) is 0 Å². The number of anilines is 1. The number of aromatic nitrogens is 1. The Hall–Kier alpha value is -1.44. The lowest BCUT2D eigenvalue weighted by Gasteiger charge is -2.18. The topological polar surface area (TPSA) is 62.3 Å². The molecule has 21 heavy (non-hydrogen) atoms. The van der Waals surface area contributed by atoms with E-state index < -0.39 is 10.0 Å². The molecule has 0 fully saturated rings. The Kier molecular flexibility index (Phi) is 5.33. The van der Waals surface area contributed by atoms with Crippen molar-refractivity contribution in [3.8, 4) is 0 Å². The van der Waals surface area contributed by atoms with Crippen molar-refractivity contribution in [2.24, 2.45) is 0 Å². The molecule has 5 nitrogen and oxygen atoms in total. The molecule has 7 heteroatoms. The minimum absolute atomic E-state index is 0.220. The highest BCUT2D eigenvalue weighted by Gasteiger charge is 2.24. The number of sulfonamides is 1. The molecular formula is C14H19N3O2S2. The van der Waals surface area contributed by atoms with E-state index in [2.05, 4.69) is 10.3 Å². The summed E-state index contributed by atoms with van der Waals surface area (Å²) in [4.78, 5) is 5.37. The third-order valence-electron chi connectivity index (χ3n) is 2.96. The summed E-state index contributed by atoms with van der Waals surface area (Å²) in [5.41, 5.74) is 0. The largest absolute Gasteiger partial charge is 0.369 e. The van der Waals surface area contributed by atoms with Crippen molar-refractivity contribution in [3.05, 3.63) is 40.7 Å². The number of pyridine rings is 1. The van der Waals surface area contributed by atoms with Crippen molar-refractivity contribution >= 4 is 27.2 Å². The van der Waals surface area contributed by atoms with Gasteiger partial charge < -0.3 is 5.32 Å². The smallest absolute Gasteiger partial charge is 0.246 e. The van der Waals surface area contributed by atoms with Crippen molar-refractivity contribution in [1.82, 2.24) is 9.29 Å². The fourth-order valence-electron chi connectivity index (χ4n) is 1.85. The van der Waals surface area contributed by atoms with Gasteiger partial charge in [-0.1, -0.05) is 13.0 Å². The van der Waals surface area contributed by atoms with E-state index in [0.29, 0.717) is 18.9 Å². The van der Waals surface area contributed by atoms with E-state index >= 15 is 0 Å². The number of nitrogens with zero attached hydrogens (tertiary/aromatic N) is 2. The van der Waals surface area contributed by atoms with Crippen LogP contribution in [-0.2, 0) is 16.6 Å². The molecule has 2 heterocycles. The van der Waals surface area contributed by atoms with Gasteiger partial charge in [0.15, 0.2) is 0 Å². The SMILES string of the molecule is CCCNc1ncccc1S(=O)(=O)N(C)Cc1cccs1. The maximum atomic E-state index is 12.7. The van der Waals surface area contributed by atoms with Crippen molar-refractivity contribution < 1.29 is 8.42 Å². The molecule has 0 saturated heterocycles. The Morgan fingerprint density at radius 2 is 2.14 bits per heavy atom. The molecule has 0 aliphatic heterocycles. The first-order valence-corrected chi connectivity index (χ1v) is 9.05. The van der Waals surface area contributed by atoms with Gasteiger partial charge in [0.2, 0.25) is 10.0 Å². The molecule has 114 valence electrons. The summed E-state index contributed by atoms with van der Waals surface area (Å²) >= 11 is 1.54. The average Bonchev–Trinajstić information content (AvgIpc) is 2.98. The van der Waals surface area contributed by atoms with Gasteiger partial charge in [-0.25, -0.2) is 13.4 Å². The van der Waals surface area contributed by atoms with Gasteiger partial charge in [-0.05, 0) is 30.0 Å². The molecule has 2 aromatic rings. The molecule has 1 N–H and O–H groups in total. The van der Waals surface area contributed by atoms with Crippen molar-refractivity contribution in [1.29, 1.82) is 0 Å². The fraction of sp³-hybridized carbons (Fsp3) is 0.357. The second-order valence-electron chi connectivity index (χ2n) is 4.62. The third kappa shape index (κ3) is 3.81. The minimum Gasteiger partial charge on any atom is -0.369 e. The second-order valence-corrected chi connectivity index (χ2v) is 7.66. The van der Waals surface area contributed by atoms with Gasteiger partial charge in [-0.2, -0.15) is 4.31 Å². The molecule has 0 radical (unpaired) electrons. The summed E-state index contributed by atoms with van der Waals surface area (Å²) in [5.74, 6) is 0.414. The van der Waals surface area contributed by atoms with E-state index in [1.807, 2.05) is 24.4 Å². The highest BCUT2D eigenvalue weighted by atomic mass is 32.2. The minimum atomic E-state index is -3.56. The van der Waals surface area contributed by atoms with Crippen LogP contribution in [-0.4, -0.2) is 31.3 Å². The molecule has 0 aromatic carbocycles. The van der Waals surface area contributed by atoms with Gasteiger partial charge in [-0.3, -0.25) is 0 Å². The summed E-state index contributed by atoms with van der Waals surface area (Å²) in [6.07, 6.45) is 2.50. The normalized spacial score (nSPS) is 11.8. The van der Waals surface area contributed by atoms with Crippen molar-refractivity contribution in [3.63, 3.8) is 0 Å². The van der Waals surface area contributed by atoms with E-state index in [9.17, 15) is 8.42 Å². The first kappa shape index (κ1) is 15.9. The zero-order valence-electron chi connectivity index (χ0n) is 12.1. The zero-order valence-corrected chi connectivity index (χ0v) is 13.7. The first-order chi connectivity index (χ1) is 10.1. The third-order valence-corrected chi connectivity index (χ3v) is 5.66. The van der Waals surface area contributed by atoms with E-state index in [1.54, 1.807) is 36.7 Å². The van der Waals surface area contributed by atoms with Gasteiger partial charge >= 0.3 is 0 Å². The standard InChI is InChI=1S/C14H19N3O2S2/c1-3-8-15-14-13(7-4-9-16-14)21(18,19)17(2)11-12-6-5-10-20-12/h4-7,9-10H,3,8,11H2,1-2H3,(H,15,16). The second kappa shape index (κ2) is 7.02. The molecule has 0 saturated carbocycles. The van der Waals surface area contributed by atoms with Crippen LogP contribution in [0, 0.1) is 0 Å². The van der Waals surface area contributed by atoms with Crippen LogP contribution >= 0.6 is 11.3 Å². The summed E-state index contributed by atoms with van der Waals surface area (Å²) in [6, 6.07) is 7.07. The number of thiophene rings is 1. The summed E-state index contributed by atoms with van der Waals surface area (Å²) in [6.45, 7) is 3.07. The van der Waals surface area contributed by atoms with Crippen molar-refractivity contribution in [2.45, 2.75) is 24.8 Å². The highest BCUT2D eigenvalue weighted by Crippen LogP contribution is 2.23. The lowest BCUT2D eigenvalue weighted by Crippen LogP contribution is -2.27. The van der Waals surface area contributed by atoms with E-state index in [-0.39, 0.29) is 4.90 Å². The number of rotatable bonds is 7. The molecule has 0 bridgehead atoms. The Morgan fingerprint density at radius 3 is 2.81 bits per heavy atom. The van der Waals surface area contributed by atoms with Gasteiger partial charge in [0.05, 0.1) is 0 Å². The molecular weight excluding hydrogens is 306 g/mol. The molecule has 0 spiro atoms. The van der Waals surface area contributed by atoms with Crippen molar-refractivity contribution in [2.75, 3.05) is 18.9 Å². The average molecular weight is 325 g/mol. The number of nitrogens with one attached hydrogen (secondary N) is 1. The van der Waals surface area contributed by atoms with E-state index in [1.165, 1.54) is 4.31 Å². The highest BCUT2D eigenvalue weighted by molar-refractivity contribution is 7.89. The van der Waals surface area contributed by atoms with Gasteiger partial charge in [0.1, 0.15) is 10.7 Å². The predicted octanol–water partition coefficient (Wildman–Crippen LogP) is 2.79. The Morgan fingerprint density at radius 1 is 1.33 bits per heavy atom.